The second-order valence-corrected chi connectivity index (χ2v) is 9.53. The van der Waals surface area contributed by atoms with Gasteiger partial charge >= 0.3 is 6.09 Å². The van der Waals surface area contributed by atoms with Crippen molar-refractivity contribution in [2.24, 2.45) is 0 Å². The van der Waals surface area contributed by atoms with E-state index in [4.69, 9.17) is 16.3 Å². The molecular formula is C23H25ClN4O4S. The topological polar surface area (TPSA) is 91.0 Å². The molecule has 2 aromatic rings. The molecule has 1 aromatic carbocycles. The van der Waals surface area contributed by atoms with Gasteiger partial charge in [-0.25, -0.2) is 4.79 Å². The van der Waals surface area contributed by atoms with Gasteiger partial charge in [-0.3, -0.25) is 14.5 Å². The van der Waals surface area contributed by atoms with Gasteiger partial charge in [0.05, 0.1) is 33.7 Å². The number of carbonyl (C=O) groups excluding carboxylic acids is 3. The summed E-state index contributed by atoms with van der Waals surface area (Å²) in [6.45, 7) is 4.11. The Labute approximate surface area is 201 Å². The van der Waals surface area contributed by atoms with Gasteiger partial charge in [-0.2, -0.15) is 0 Å². The van der Waals surface area contributed by atoms with Gasteiger partial charge in [0, 0.05) is 18.8 Å². The molecule has 3 amide bonds. The smallest absolute Gasteiger partial charge is 0.414 e. The Morgan fingerprint density at radius 2 is 2.03 bits per heavy atom. The van der Waals surface area contributed by atoms with Gasteiger partial charge in [0.25, 0.3) is 5.91 Å². The minimum atomic E-state index is -0.493. The van der Waals surface area contributed by atoms with E-state index in [2.05, 4.69) is 15.5 Å². The van der Waals surface area contributed by atoms with Gasteiger partial charge in [0.1, 0.15) is 6.10 Å². The van der Waals surface area contributed by atoms with Crippen LogP contribution in [0.5, 0.6) is 0 Å². The predicted molar refractivity (Wildman–Crippen MR) is 131 cm³/mol. The molecule has 3 heterocycles. The summed E-state index contributed by atoms with van der Waals surface area (Å²) >= 11 is 7.07. The molecule has 0 aliphatic carbocycles. The maximum Gasteiger partial charge on any atom is 0.414 e. The third-order valence-electron chi connectivity index (χ3n) is 5.48. The summed E-state index contributed by atoms with van der Waals surface area (Å²) in [6, 6.07) is 8.90. The Hall–Kier alpha value is -3.04. The molecule has 4 rings (SSSR count). The lowest BCUT2D eigenvalue weighted by atomic mass is 10.2. The summed E-state index contributed by atoms with van der Waals surface area (Å²) in [4.78, 5) is 41.3. The van der Waals surface area contributed by atoms with Gasteiger partial charge in [-0.05, 0) is 56.2 Å². The highest BCUT2D eigenvalue weighted by molar-refractivity contribution is 7.18. The molecule has 1 unspecified atom stereocenters. The number of thiophene rings is 1. The predicted octanol–water partition coefficient (Wildman–Crippen LogP) is 4.27. The number of ether oxygens (including phenoxy) is 1. The van der Waals surface area contributed by atoms with Crippen LogP contribution in [0.4, 0.5) is 21.9 Å². The molecule has 1 aromatic heterocycles. The number of cyclic esters (lactones) is 1. The lowest BCUT2D eigenvalue weighted by Gasteiger charge is -2.23. The van der Waals surface area contributed by atoms with Crippen molar-refractivity contribution < 1.29 is 19.1 Å². The summed E-state index contributed by atoms with van der Waals surface area (Å²) in [7, 11) is 0. The molecule has 0 bridgehead atoms. The third kappa shape index (κ3) is 5.48. The van der Waals surface area contributed by atoms with Crippen molar-refractivity contribution >= 4 is 57.9 Å². The number of halogens is 1. The highest BCUT2D eigenvalue weighted by Crippen LogP contribution is 2.34. The third-order valence-corrected chi connectivity index (χ3v) is 6.71. The Morgan fingerprint density at radius 1 is 1.24 bits per heavy atom. The molecule has 8 nitrogen and oxygen atoms in total. The molecule has 2 aliphatic heterocycles. The molecule has 0 radical (unpaired) electrons. The van der Waals surface area contributed by atoms with Crippen molar-refractivity contribution in [1.82, 2.24) is 5.32 Å². The van der Waals surface area contributed by atoms with Crippen LogP contribution >= 0.6 is 22.9 Å². The monoisotopic (exact) mass is 488 g/mol. The number of anilines is 3. The molecule has 174 valence electrons. The van der Waals surface area contributed by atoms with Crippen molar-refractivity contribution in [3.63, 3.8) is 0 Å². The summed E-state index contributed by atoms with van der Waals surface area (Å²) in [5, 5.41) is 5.71. The maximum atomic E-state index is 12.5. The van der Waals surface area contributed by atoms with E-state index in [0.29, 0.717) is 20.6 Å². The summed E-state index contributed by atoms with van der Waals surface area (Å²) in [5.41, 5.74) is 2.20. The van der Waals surface area contributed by atoms with E-state index in [1.54, 1.807) is 31.2 Å². The van der Waals surface area contributed by atoms with Crippen LogP contribution in [-0.4, -0.2) is 50.2 Å². The summed E-state index contributed by atoms with van der Waals surface area (Å²) < 4.78 is 5.99. The van der Waals surface area contributed by atoms with Crippen LogP contribution in [0.3, 0.4) is 0 Å². The first-order valence-electron chi connectivity index (χ1n) is 10.8. The van der Waals surface area contributed by atoms with Crippen LogP contribution in [0.1, 0.15) is 29.4 Å². The number of hydrogen-bond acceptors (Lipinski definition) is 6. The number of benzene rings is 1. The molecule has 0 saturated carbocycles. The molecule has 2 N–H and O–H groups in total. The number of hydrogen-bond donors (Lipinski definition) is 2. The second kappa shape index (κ2) is 10.3. The molecule has 1 atom stereocenters. The van der Waals surface area contributed by atoms with E-state index in [1.807, 2.05) is 12.1 Å². The van der Waals surface area contributed by atoms with Crippen LogP contribution in [0, 0.1) is 0 Å². The quantitative estimate of drug-likeness (QED) is 0.568. The number of nitrogens with zero attached hydrogens (tertiary/aromatic N) is 2. The molecule has 2 aliphatic rings. The fourth-order valence-corrected chi connectivity index (χ4v) is 4.88. The minimum Gasteiger partial charge on any atom is -0.442 e. The van der Waals surface area contributed by atoms with E-state index in [1.165, 1.54) is 22.3 Å². The van der Waals surface area contributed by atoms with Gasteiger partial charge < -0.3 is 20.3 Å². The highest BCUT2D eigenvalue weighted by atomic mass is 35.5. The molecular weight excluding hydrogens is 464 g/mol. The summed E-state index contributed by atoms with van der Waals surface area (Å²) in [6.07, 6.45) is 4.37. The average Bonchev–Trinajstić information content (AvgIpc) is 3.54. The van der Waals surface area contributed by atoms with Crippen LogP contribution in [-0.2, 0) is 9.53 Å². The number of amides is 3. The number of nitrogens with one attached hydrogen (secondary N) is 2. The van der Waals surface area contributed by atoms with Crippen molar-refractivity contribution in [1.29, 1.82) is 0 Å². The molecule has 10 heteroatoms. The van der Waals surface area contributed by atoms with Gasteiger partial charge in [-0.1, -0.05) is 17.7 Å². The van der Waals surface area contributed by atoms with Crippen LogP contribution < -0.4 is 20.4 Å². The molecule has 2 saturated heterocycles. The highest BCUT2D eigenvalue weighted by Gasteiger charge is 2.33. The SMILES string of the molecule is C/C=C/C(=O)Nc1cc(N2CC(CNC(=O)c3ccc(Cl)s3)OC2=O)ccc1N1CCCC1. The van der Waals surface area contributed by atoms with Crippen molar-refractivity contribution in [3.8, 4) is 0 Å². The molecule has 0 spiro atoms. The molecule has 33 heavy (non-hydrogen) atoms. The fraction of sp³-hybridized carbons (Fsp3) is 0.348. The zero-order chi connectivity index (χ0) is 23.4. The first kappa shape index (κ1) is 23.1. The van der Waals surface area contributed by atoms with E-state index >= 15 is 0 Å². The first-order chi connectivity index (χ1) is 15.9. The Morgan fingerprint density at radius 3 is 2.73 bits per heavy atom. The van der Waals surface area contributed by atoms with Gasteiger partial charge in [-0.15, -0.1) is 11.3 Å². The average molecular weight is 489 g/mol. The standard InChI is InChI=1S/C23H25ClN4O4S/c1-2-5-21(29)26-17-12-15(6-7-18(17)27-10-3-4-11-27)28-14-16(32-23(28)31)13-25-22(30)19-8-9-20(24)33-19/h2,5-9,12,16H,3-4,10-11,13-14H2,1H3,(H,25,30)(H,26,29)/b5-2+. The van der Waals surface area contributed by atoms with Crippen molar-refractivity contribution in [3.05, 3.63) is 51.7 Å². The van der Waals surface area contributed by atoms with Crippen molar-refractivity contribution in [2.75, 3.05) is 41.3 Å². The summed E-state index contributed by atoms with van der Waals surface area (Å²) in [5.74, 6) is -0.487. The minimum absolute atomic E-state index is 0.188. The maximum absolute atomic E-state index is 12.5. The number of rotatable bonds is 7. The Balaban J connectivity index is 1.46. The van der Waals surface area contributed by atoms with E-state index in [0.717, 1.165) is 31.6 Å². The van der Waals surface area contributed by atoms with E-state index in [-0.39, 0.29) is 24.9 Å². The van der Waals surface area contributed by atoms with Crippen LogP contribution in [0.15, 0.2) is 42.5 Å². The van der Waals surface area contributed by atoms with E-state index < -0.39 is 12.2 Å². The second-order valence-electron chi connectivity index (χ2n) is 7.82. The Kier molecular flexibility index (Phi) is 7.20. The molecule has 2 fully saturated rings. The van der Waals surface area contributed by atoms with Crippen LogP contribution in [0.2, 0.25) is 4.34 Å². The van der Waals surface area contributed by atoms with Gasteiger partial charge in [0.2, 0.25) is 5.91 Å². The lowest BCUT2D eigenvalue weighted by Crippen LogP contribution is -2.34. The zero-order valence-electron chi connectivity index (χ0n) is 18.2. The Bertz CT molecular complexity index is 1080. The van der Waals surface area contributed by atoms with E-state index in [9.17, 15) is 14.4 Å². The fourth-order valence-electron chi connectivity index (χ4n) is 3.92. The van der Waals surface area contributed by atoms with Crippen LogP contribution in [0.25, 0.3) is 0 Å². The van der Waals surface area contributed by atoms with Crippen molar-refractivity contribution in [2.45, 2.75) is 25.9 Å². The van der Waals surface area contributed by atoms with Gasteiger partial charge in [0.15, 0.2) is 0 Å². The number of allylic oxidation sites excluding steroid dienone is 1. The first-order valence-corrected chi connectivity index (χ1v) is 12.0. The normalized spacial score (nSPS) is 18.1. The largest absolute Gasteiger partial charge is 0.442 e. The zero-order valence-corrected chi connectivity index (χ0v) is 19.7. The number of carbonyl (C=O) groups is 3. The lowest BCUT2D eigenvalue weighted by molar-refractivity contribution is -0.111.